The van der Waals surface area contributed by atoms with Gasteiger partial charge in [-0.05, 0) is 69.0 Å². The Balaban J connectivity index is 1.60. The van der Waals surface area contributed by atoms with E-state index in [0.717, 1.165) is 29.9 Å². The average molecular weight is 468 g/mol. The van der Waals surface area contributed by atoms with Crippen LogP contribution in [0.4, 0.5) is 0 Å². The molecular weight excluding hydrogens is 434 g/mol. The highest BCUT2D eigenvalue weighted by molar-refractivity contribution is 7.89. The summed E-state index contributed by atoms with van der Waals surface area (Å²) in [5, 5.41) is 0. The number of benzene rings is 3. The first kappa shape index (κ1) is 24.8. The summed E-state index contributed by atoms with van der Waals surface area (Å²) in [6.45, 7) is 3.03. The monoisotopic (exact) mass is 467 g/mol. The standard InChI is InChI=1S/C27H33NO4S/c1-23-17-19-27(20-18-23)33(29,30)28(2)24(11-9-21-31-25-13-5-3-6-14-25)12-10-22-32-26-15-7-4-8-16-26/h3-8,13-20,24H,9-12,21-22H2,1-2H3. The van der Waals surface area contributed by atoms with Crippen LogP contribution in [0.2, 0.25) is 0 Å². The molecule has 3 aromatic carbocycles. The molecule has 0 unspecified atom stereocenters. The normalized spacial score (nSPS) is 11.6. The topological polar surface area (TPSA) is 55.8 Å². The number of sulfonamides is 1. The van der Waals surface area contributed by atoms with Crippen LogP contribution in [0, 0.1) is 6.92 Å². The van der Waals surface area contributed by atoms with Gasteiger partial charge in [0.15, 0.2) is 0 Å². The smallest absolute Gasteiger partial charge is 0.243 e. The van der Waals surface area contributed by atoms with Crippen LogP contribution in [0.15, 0.2) is 89.8 Å². The van der Waals surface area contributed by atoms with Crippen LogP contribution in [-0.2, 0) is 10.0 Å². The zero-order valence-electron chi connectivity index (χ0n) is 19.4. The molecule has 0 saturated carbocycles. The van der Waals surface area contributed by atoms with Gasteiger partial charge in [-0.25, -0.2) is 8.42 Å². The number of ether oxygens (including phenoxy) is 2. The Kier molecular flexibility index (Phi) is 9.34. The van der Waals surface area contributed by atoms with Gasteiger partial charge < -0.3 is 9.47 Å². The third-order valence-corrected chi connectivity index (χ3v) is 7.52. The van der Waals surface area contributed by atoms with Gasteiger partial charge in [0.1, 0.15) is 11.5 Å². The van der Waals surface area contributed by atoms with Crippen molar-refractivity contribution in [2.45, 2.75) is 43.5 Å². The largest absolute Gasteiger partial charge is 0.494 e. The summed E-state index contributed by atoms with van der Waals surface area (Å²) >= 11 is 0. The first-order valence-electron chi connectivity index (χ1n) is 11.4. The Morgan fingerprint density at radius 3 is 1.64 bits per heavy atom. The van der Waals surface area contributed by atoms with E-state index < -0.39 is 10.0 Å². The molecule has 0 radical (unpaired) electrons. The van der Waals surface area contributed by atoms with E-state index in [1.54, 1.807) is 19.2 Å². The highest BCUT2D eigenvalue weighted by Gasteiger charge is 2.27. The summed E-state index contributed by atoms with van der Waals surface area (Å²) in [7, 11) is -1.91. The third kappa shape index (κ3) is 7.62. The second kappa shape index (κ2) is 12.4. The van der Waals surface area contributed by atoms with Gasteiger partial charge in [-0.1, -0.05) is 54.1 Å². The predicted octanol–water partition coefficient (Wildman–Crippen LogP) is 5.70. The Bertz CT molecular complexity index is 1010. The van der Waals surface area contributed by atoms with Crippen LogP contribution < -0.4 is 9.47 Å². The van der Waals surface area contributed by atoms with E-state index in [2.05, 4.69) is 0 Å². The minimum Gasteiger partial charge on any atom is -0.494 e. The van der Waals surface area contributed by atoms with Crippen molar-refractivity contribution in [2.75, 3.05) is 20.3 Å². The van der Waals surface area contributed by atoms with Crippen LogP contribution >= 0.6 is 0 Å². The zero-order valence-corrected chi connectivity index (χ0v) is 20.2. The van der Waals surface area contributed by atoms with Gasteiger partial charge in [0.2, 0.25) is 10.0 Å². The Hall–Kier alpha value is -2.83. The molecule has 0 bridgehead atoms. The summed E-state index contributed by atoms with van der Waals surface area (Å²) in [5.74, 6) is 1.65. The van der Waals surface area contributed by atoms with Crippen LogP contribution in [0.5, 0.6) is 11.5 Å². The van der Waals surface area contributed by atoms with Crippen molar-refractivity contribution >= 4 is 10.0 Å². The van der Waals surface area contributed by atoms with E-state index in [0.29, 0.717) is 31.0 Å². The first-order chi connectivity index (χ1) is 16.0. The van der Waals surface area contributed by atoms with Gasteiger partial charge in [0.05, 0.1) is 18.1 Å². The highest BCUT2D eigenvalue weighted by Crippen LogP contribution is 2.22. The molecule has 5 nitrogen and oxygen atoms in total. The highest BCUT2D eigenvalue weighted by atomic mass is 32.2. The molecule has 0 N–H and O–H groups in total. The molecule has 176 valence electrons. The van der Waals surface area contributed by atoms with Gasteiger partial charge in [-0.2, -0.15) is 4.31 Å². The number of hydrogen-bond acceptors (Lipinski definition) is 4. The van der Waals surface area contributed by atoms with E-state index in [1.807, 2.05) is 79.7 Å². The van der Waals surface area contributed by atoms with Gasteiger partial charge >= 0.3 is 0 Å². The summed E-state index contributed by atoms with van der Waals surface area (Å²) in [6.07, 6.45) is 2.93. The summed E-state index contributed by atoms with van der Waals surface area (Å²) in [4.78, 5) is 0.321. The summed E-state index contributed by atoms with van der Waals surface area (Å²) in [6, 6.07) is 26.2. The van der Waals surface area contributed by atoms with Crippen molar-refractivity contribution in [1.82, 2.24) is 4.31 Å². The number of rotatable bonds is 13. The van der Waals surface area contributed by atoms with E-state index in [9.17, 15) is 8.42 Å². The zero-order chi connectivity index (χ0) is 23.5. The summed E-state index contributed by atoms with van der Waals surface area (Å²) < 4.78 is 39.7. The maximum Gasteiger partial charge on any atom is 0.243 e. The van der Waals surface area contributed by atoms with Crippen molar-refractivity contribution in [3.8, 4) is 11.5 Å². The molecule has 0 aliphatic carbocycles. The molecule has 0 fully saturated rings. The maximum absolute atomic E-state index is 13.3. The Morgan fingerprint density at radius 1 is 0.727 bits per heavy atom. The number of hydrogen-bond donors (Lipinski definition) is 0. The minimum atomic E-state index is -3.58. The van der Waals surface area contributed by atoms with Gasteiger partial charge in [0, 0.05) is 13.1 Å². The quantitative estimate of drug-likeness (QED) is 0.303. The van der Waals surface area contributed by atoms with E-state index in [1.165, 1.54) is 4.31 Å². The SMILES string of the molecule is Cc1ccc(S(=O)(=O)N(C)C(CCCOc2ccccc2)CCCOc2ccccc2)cc1. The molecule has 0 aliphatic heterocycles. The average Bonchev–Trinajstić information content (AvgIpc) is 2.84. The van der Waals surface area contributed by atoms with Crippen molar-refractivity contribution in [1.29, 1.82) is 0 Å². The lowest BCUT2D eigenvalue weighted by atomic mass is 10.1. The lowest BCUT2D eigenvalue weighted by Gasteiger charge is -2.28. The molecular formula is C27H33NO4S. The third-order valence-electron chi connectivity index (χ3n) is 5.60. The molecule has 0 aromatic heterocycles. The second-order valence-electron chi connectivity index (χ2n) is 8.10. The fourth-order valence-corrected chi connectivity index (χ4v) is 5.05. The molecule has 0 heterocycles. The Morgan fingerprint density at radius 2 is 1.18 bits per heavy atom. The molecule has 6 heteroatoms. The van der Waals surface area contributed by atoms with Crippen molar-refractivity contribution in [3.63, 3.8) is 0 Å². The lowest BCUT2D eigenvalue weighted by molar-refractivity contribution is 0.248. The first-order valence-corrected chi connectivity index (χ1v) is 12.8. The predicted molar refractivity (Wildman–Crippen MR) is 132 cm³/mol. The molecule has 0 saturated heterocycles. The van der Waals surface area contributed by atoms with Crippen LogP contribution in [0.25, 0.3) is 0 Å². The maximum atomic E-state index is 13.3. The molecule has 0 aliphatic rings. The molecule has 0 spiro atoms. The lowest BCUT2D eigenvalue weighted by Crippen LogP contribution is -2.37. The van der Waals surface area contributed by atoms with Gasteiger partial charge in [-0.15, -0.1) is 0 Å². The minimum absolute atomic E-state index is 0.143. The molecule has 0 amide bonds. The second-order valence-corrected chi connectivity index (χ2v) is 10.1. The van der Waals surface area contributed by atoms with Crippen molar-refractivity contribution in [3.05, 3.63) is 90.5 Å². The number of aryl methyl sites for hydroxylation is 1. The van der Waals surface area contributed by atoms with Crippen molar-refractivity contribution < 1.29 is 17.9 Å². The van der Waals surface area contributed by atoms with E-state index in [4.69, 9.17) is 9.47 Å². The number of nitrogens with zero attached hydrogens (tertiary/aromatic N) is 1. The van der Waals surface area contributed by atoms with Crippen LogP contribution in [0.1, 0.15) is 31.2 Å². The number of para-hydroxylation sites is 2. The summed E-state index contributed by atoms with van der Waals surface area (Å²) in [5.41, 5.74) is 1.03. The van der Waals surface area contributed by atoms with Crippen LogP contribution in [-0.4, -0.2) is 39.0 Å². The molecule has 33 heavy (non-hydrogen) atoms. The molecule has 0 atom stereocenters. The van der Waals surface area contributed by atoms with Crippen molar-refractivity contribution in [2.24, 2.45) is 0 Å². The fourth-order valence-electron chi connectivity index (χ4n) is 3.63. The molecule has 3 rings (SSSR count). The van der Waals surface area contributed by atoms with Gasteiger partial charge in [-0.3, -0.25) is 0 Å². The van der Waals surface area contributed by atoms with Crippen LogP contribution in [0.3, 0.4) is 0 Å². The van der Waals surface area contributed by atoms with E-state index >= 15 is 0 Å². The molecule has 3 aromatic rings. The Labute approximate surface area is 198 Å². The van der Waals surface area contributed by atoms with E-state index in [-0.39, 0.29) is 6.04 Å². The van der Waals surface area contributed by atoms with Gasteiger partial charge in [0.25, 0.3) is 0 Å². The fraction of sp³-hybridized carbons (Fsp3) is 0.333.